The molecule has 0 aliphatic heterocycles. The van der Waals surface area contributed by atoms with Gasteiger partial charge in [0, 0.05) is 12.8 Å². The van der Waals surface area contributed by atoms with Gasteiger partial charge in [-0.3, -0.25) is 27.7 Å². The van der Waals surface area contributed by atoms with Crippen molar-refractivity contribution in [3.8, 4) is 0 Å². The van der Waals surface area contributed by atoms with E-state index in [9.17, 15) is 43.8 Å². The third-order valence-electron chi connectivity index (χ3n) is 12.3. The second-order valence-corrected chi connectivity index (χ2v) is 22.6. The molecule has 434 valence electrons. The largest absolute Gasteiger partial charge is 0.472 e. The number of hydrogen-bond donors (Lipinski definition) is 5. The van der Waals surface area contributed by atoms with Crippen molar-refractivity contribution in [3.05, 3.63) is 48.6 Å². The van der Waals surface area contributed by atoms with Gasteiger partial charge in [0.05, 0.1) is 26.4 Å². The van der Waals surface area contributed by atoms with Crippen molar-refractivity contribution < 1.29 is 71.4 Å². The summed E-state index contributed by atoms with van der Waals surface area (Å²) in [5.74, 6) is -0.997. The van der Waals surface area contributed by atoms with Crippen molar-refractivity contribution in [2.24, 2.45) is 0 Å². The molecule has 0 radical (unpaired) electrons. The van der Waals surface area contributed by atoms with E-state index in [0.29, 0.717) is 12.8 Å². The lowest BCUT2D eigenvalue weighted by Crippen LogP contribution is -2.25. The molecule has 0 amide bonds. The summed E-state index contributed by atoms with van der Waals surface area (Å²) < 4.78 is 53.2. The molecular formula is C57H106O15P2. The summed E-state index contributed by atoms with van der Waals surface area (Å²) in [6.45, 7) is 0.427. The molecule has 74 heavy (non-hydrogen) atoms. The summed E-state index contributed by atoms with van der Waals surface area (Å²) >= 11 is 0. The van der Waals surface area contributed by atoms with Crippen LogP contribution in [0, 0.1) is 0 Å². The summed E-state index contributed by atoms with van der Waals surface area (Å²) in [6.07, 6.45) is 53.7. The Balaban J connectivity index is 3.81. The van der Waals surface area contributed by atoms with E-state index < -0.39 is 85.5 Å². The molecule has 0 aliphatic carbocycles. The van der Waals surface area contributed by atoms with E-state index in [1.807, 2.05) is 0 Å². The highest BCUT2D eigenvalue weighted by atomic mass is 31.2. The van der Waals surface area contributed by atoms with Gasteiger partial charge in [-0.05, 0) is 77.0 Å². The fourth-order valence-corrected chi connectivity index (χ4v) is 9.34. The summed E-state index contributed by atoms with van der Waals surface area (Å²) in [7, 11) is -9.59. The number of carbonyl (C=O) groups is 2. The first-order chi connectivity index (χ1) is 35.8. The fraction of sp³-hybridized carbons (Fsp3) is 0.825. The molecule has 0 spiro atoms. The van der Waals surface area contributed by atoms with E-state index in [2.05, 4.69) is 71.5 Å². The molecule has 0 fully saturated rings. The third-order valence-corrected chi connectivity index (χ3v) is 14.2. The van der Waals surface area contributed by atoms with Crippen LogP contribution in [-0.4, -0.2) is 95.0 Å². The number of ether oxygens (including phenoxy) is 2. The Bertz CT molecular complexity index is 1510. The molecular weight excluding hydrogens is 987 g/mol. The minimum absolute atomic E-state index is 0.188. The fourth-order valence-electron chi connectivity index (χ4n) is 7.75. The van der Waals surface area contributed by atoms with Gasteiger partial charge in [0.15, 0.2) is 0 Å². The van der Waals surface area contributed by atoms with Gasteiger partial charge in [-0.25, -0.2) is 9.13 Å². The van der Waals surface area contributed by atoms with Gasteiger partial charge >= 0.3 is 27.6 Å². The maximum atomic E-state index is 12.2. The minimum atomic E-state index is -4.79. The Labute approximate surface area is 448 Å². The average Bonchev–Trinajstić information content (AvgIpc) is 3.38. The highest BCUT2D eigenvalue weighted by Crippen LogP contribution is 2.45. The van der Waals surface area contributed by atoms with E-state index in [4.69, 9.17) is 18.5 Å². The van der Waals surface area contributed by atoms with Crippen LogP contribution in [0.15, 0.2) is 48.6 Å². The molecule has 0 aromatic heterocycles. The molecule has 5 N–H and O–H groups in total. The number of esters is 2. The number of hydrogen-bond acceptors (Lipinski definition) is 13. The maximum absolute atomic E-state index is 12.2. The van der Waals surface area contributed by atoms with Crippen molar-refractivity contribution in [2.75, 3.05) is 39.6 Å². The van der Waals surface area contributed by atoms with Crippen LogP contribution in [0.25, 0.3) is 0 Å². The monoisotopic (exact) mass is 1090 g/mol. The molecule has 17 heteroatoms. The molecule has 0 saturated heterocycles. The van der Waals surface area contributed by atoms with Crippen LogP contribution in [0.4, 0.5) is 0 Å². The van der Waals surface area contributed by atoms with Crippen molar-refractivity contribution in [1.29, 1.82) is 0 Å². The normalized spacial score (nSPS) is 15.1. The zero-order valence-corrected chi connectivity index (χ0v) is 48.1. The molecule has 0 saturated carbocycles. The minimum Gasteiger partial charge on any atom is -0.463 e. The van der Waals surface area contributed by atoms with Crippen LogP contribution in [-0.2, 0) is 46.3 Å². The first kappa shape index (κ1) is 72.0. The van der Waals surface area contributed by atoms with Crippen LogP contribution in [0.5, 0.6) is 0 Å². The molecule has 15 nitrogen and oxygen atoms in total. The molecule has 0 aromatic carbocycles. The quantitative estimate of drug-likeness (QED) is 0.0165. The number of aliphatic hydroxyl groups is 3. The number of aliphatic hydroxyl groups excluding tert-OH is 3. The van der Waals surface area contributed by atoms with Crippen molar-refractivity contribution in [2.45, 2.75) is 263 Å². The number of phosphoric ester groups is 2. The molecule has 0 aromatic rings. The Morgan fingerprint density at radius 3 is 0.905 bits per heavy atom. The molecule has 0 aliphatic rings. The summed E-state index contributed by atoms with van der Waals surface area (Å²) in [4.78, 5) is 44.0. The topological polar surface area (TPSA) is 225 Å². The van der Waals surface area contributed by atoms with Gasteiger partial charge in [-0.15, -0.1) is 0 Å². The van der Waals surface area contributed by atoms with Crippen LogP contribution in [0.3, 0.4) is 0 Å². The summed E-state index contributed by atoms with van der Waals surface area (Å²) in [5, 5.41) is 30.2. The molecule has 0 heterocycles. The van der Waals surface area contributed by atoms with Crippen molar-refractivity contribution in [1.82, 2.24) is 0 Å². The van der Waals surface area contributed by atoms with E-state index in [1.165, 1.54) is 141 Å². The predicted octanol–water partition coefficient (Wildman–Crippen LogP) is 14.7. The van der Waals surface area contributed by atoms with Gasteiger partial charge in [0.2, 0.25) is 0 Å². The van der Waals surface area contributed by atoms with Gasteiger partial charge < -0.3 is 34.6 Å². The number of rotatable bonds is 56. The second kappa shape index (κ2) is 53.0. The van der Waals surface area contributed by atoms with E-state index >= 15 is 0 Å². The summed E-state index contributed by atoms with van der Waals surface area (Å²) in [6, 6.07) is 0. The van der Waals surface area contributed by atoms with Gasteiger partial charge in [0.25, 0.3) is 0 Å². The highest BCUT2D eigenvalue weighted by molar-refractivity contribution is 7.47. The first-order valence-corrected chi connectivity index (χ1v) is 32.0. The van der Waals surface area contributed by atoms with Crippen LogP contribution in [0.2, 0.25) is 0 Å². The smallest absolute Gasteiger partial charge is 0.463 e. The zero-order valence-electron chi connectivity index (χ0n) is 46.3. The number of phosphoric acid groups is 2. The Morgan fingerprint density at radius 1 is 0.351 bits per heavy atom. The average molecular weight is 1090 g/mol. The van der Waals surface area contributed by atoms with Crippen molar-refractivity contribution >= 4 is 27.6 Å². The van der Waals surface area contributed by atoms with Gasteiger partial charge in [-0.2, -0.15) is 0 Å². The van der Waals surface area contributed by atoms with Gasteiger partial charge in [-0.1, -0.05) is 204 Å². The molecule has 5 unspecified atom stereocenters. The van der Waals surface area contributed by atoms with E-state index in [1.54, 1.807) is 0 Å². The Kier molecular flexibility index (Phi) is 51.6. The number of unbranched alkanes of at least 4 members (excludes halogenated alkanes) is 28. The second-order valence-electron chi connectivity index (χ2n) is 19.7. The standard InChI is InChI=1S/C57H106O15P2/c1-3-5-7-9-11-13-15-17-19-21-23-25-27-29-31-33-35-37-39-41-43-45-56(61)67-47-53(58)49-69-73(63,64)71-51-55(60)52-72-74(65,66)70-50-54(59)48-68-57(62)46-44-42-40-38-36-34-32-30-28-26-24-22-20-18-16-14-12-10-8-6-4-2/h11,13,17-20,23,25,53-55,58-60H,3-10,12,14-16,21-22,24,26-52H2,1-2H3,(H,63,64)(H,65,66)/b13-11-,19-17-,20-18+,25-23-. The maximum Gasteiger partial charge on any atom is 0.472 e. The summed E-state index contributed by atoms with van der Waals surface area (Å²) in [5.41, 5.74) is 0. The number of carbonyl (C=O) groups excluding carboxylic acids is 2. The molecule has 0 bridgehead atoms. The van der Waals surface area contributed by atoms with Crippen molar-refractivity contribution in [3.63, 3.8) is 0 Å². The molecule has 0 rings (SSSR count). The van der Waals surface area contributed by atoms with Crippen LogP contribution in [0.1, 0.15) is 245 Å². The lowest BCUT2D eigenvalue weighted by Gasteiger charge is -2.19. The lowest BCUT2D eigenvalue weighted by molar-refractivity contribution is -0.148. The first-order valence-electron chi connectivity index (χ1n) is 29.0. The highest BCUT2D eigenvalue weighted by Gasteiger charge is 2.28. The Hall–Kier alpha value is -2.00. The molecule has 5 atom stereocenters. The van der Waals surface area contributed by atoms with Crippen LogP contribution >= 0.6 is 15.6 Å². The van der Waals surface area contributed by atoms with E-state index in [-0.39, 0.29) is 12.8 Å². The van der Waals surface area contributed by atoms with Crippen LogP contribution < -0.4 is 0 Å². The zero-order chi connectivity index (χ0) is 54.5. The Morgan fingerprint density at radius 2 is 0.581 bits per heavy atom. The predicted molar refractivity (Wildman–Crippen MR) is 298 cm³/mol. The third kappa shape index (κ3) is 54.8. The van der Waals surface area contributed by atoms with E-state index in [0.717, 1.165) is 64.2 Å². The van der Waals surface area contributed by atoms with Gasteiger partial charge in [0.1, 0.15) is 31.5 Å². The lowest BCUT2D eigenvalue weighted by atomic mass is 10.0. The number of allylic oxidation sites excluding steroid dienone is 8. The SMILES string of the molecule is CCCCC/C=C\C/C=C\C/C=C\CCCCCCCCCCC(=O)OCC(O)COP(=O)(O)OCC(O)COP(=O)(O)OCC(O)COC(=O)CCCCCCCCCCCCC/C=C/CCCCCCCC.